The number of fused-ring (bicyclic) bond motifs is 1. The molecule has 7 heteroatoms. The third kappa shape index (κ3) is 5.06. The molecule has 3 rings (SSSR count). The van der Waals surface area contributed by atoms with E-state index in [9.17, 15) is 14.4 Å². The molecule has 0 radical (unpaired) electrons. The van der Waals surface area contributed by atoms with Gasteiger partial charge in [0.2, 0.25) is 5.91 Å². The zero-order valence-corrected chi connectivity index (χ0v) is 17.8. The third-order valence-electron chi connectivity index (χ3n) is 4.84. The highest BCUT2D eigenvalue weighted by molar-refractivity contribution is 6.07. The Balaban J connectivity index is 1.84. The first-order chi connectivity index (χ1) is 14.9. The summed E-state index contributed by atoms with van der Waals surface area (Å²) in [4.78, 5) is 41.6. The highest BCUT2D eigenvalue weighted by Gasteiger charge is 2.21. The summed E-state index contributed by atoms with van der Waals surface area (Å²) in [6, 6.07) is 16.2. The average Bonchev–Trinajstić information content (AvgIpc) is 2.77. The predicted molar refractivity (Wildman–Crippen MR) is 118 cm³/mol. The molecule has 0 aliphatic carbocycles. The fourth-order valence-corrected chi connectivity index (χ4v) is 3.33. The van der Waals surface area contributed by atoms with Crippen molar-refractivity contribution in [1.29, 1.82) is 0 Å². The summed E-state index contributed by atoms with van der Waals surface area (Å²) in [5.74, 6) is -1.47. The van der Waals surface area contributed by atoms with E-state index < -0.39 is 24.5 Å². The van der Waals surface area contributed by atoms with Crippen molar-refractivity contribution >= 4 is 28.7 Å². The van der Waals surface area contributed by atoms with Crippen LogP contribution in [0.2, 0.25) is 0 Å². The van der Waals surface area contributed by atoms with Gasteiger partial charge in [0.15, 0.2) is 6.61 Å². The van der Waals surface area contributed by atoms with Gasteiger partial charge in [-0.05, 0) is 32.4 Å². The lowest BCUT2D eigenvalue weighted by atomic mass is 9.98. The monoisotopic (exact) mass is 419 g/mol. The van der Waals surface area contributed by atoms with E-state index in [2.05, 4.69) is 10.6 Å². The Bertz CT molecular complexity index is 1110. The van der Waals surface area contributed by atoms with Crippen molar-refractivity contribution in [2.75, 3.05) is 13.2 Å². The molecule has 0 saturated heterocycles. The number of carbonyl (C=O) groups excluding carboxylic acids is 3. The molecule has 1 atom stereocenters. The van der Waals surface area contributed by atoms with Crippen LogP contribution >= 0.6 is 0 Å². The first-order valence-corrected chi connectivity index (χ1v) is 10.1. The summed E-state index contributed by atoms with van der Waals surface area (Å²) >= 11 is 0. The molecule has 1 aromatic heterocycles. The van der Waals surface area contributed by atoms with Crippen molar-refractivity contribution in [3.8, 4) is 11.3 Å². The number of likely N-dealkylation sites (N-methyl/N-ethyl adjacent to an activating group) is 1. The first kappa shape index (κ1) is 22.0. The van der Waals surface area contributed by atoms with Crippen molar-refractivity contribution in [2.24, 2.45) is 0 Å². The van der Waals surface area contributed by atoms with E-state index >= 15 is 0 Å². The summed E-state index contributed by atoms with van der Waals surface area (Å²) in [6.45, 7) is 5.15. The molecule has 1 heterocycles. The minimum Gasteiger partial charge on any atom is -0.452 e. The Labute approximate surface area is 180 Å². The highest BCUT2D eigenvalue weighted by atomic mass is 16.5. The van der Waals surface area contributed by atoms with E-state index in [0.29, 0.717) is 34.3 Å². The van der Waals surface area contributed by atoms with Crippen molar-refractivity contribution in [1.82, 2.24) is 15.6 Å². The Morgan fingerprint density at radius 3 is 2.42 bits per heavy atom. The van der Waals surface area contributed by atoms with E-state index in [4.69, 9.17) is 9.72 Å². The van der Waals surface area contributed by atoms with Crippen molar-refractivity contribution in [2.45, 2.75) is 26.8 Å². The van der Waals surface area contributed by atoms with Crippen molar-refractivity contribution < 1.29 is 19.1 Å². The Hall–Kier alpha value is -3.74. The van der Waals surface area contributed by atoms with Gasteiger partial charge in [0.1, 0.15) is 6.04 Å². The molecule has 0 spiro atoms. The van der Waals surface area contributed by atoms with Crippen LogP contribution in [-0.2, 0) is 14.3 Å². The molecule has 0 unspecified atom stereocenters. The Morgan fingerprint density at radius 2 is 1.71 bits per heavy atom. The van der Waals surface area contributed by atoms with Crippen molar-refractivity contribution in [3.63, 3.8) is 0 Å². The number of para-hydroxylation sites is 1. The molecule has 0 aliphatic rings. The van der Waals surface area contributed by atoms with Gasteiger partial charge < -0.3 is 15.4 Å². The molecule has 0 bridgehead atoms. The number of ether oxygens (including phenoxy) is 1. The van der Waals surface area contributed by atoms with Crippen LogP contribution in [-0.4, -0.2) is 42.0 Å². The number of carbonyl (C=O) groups is 3. The van der Waals surface area contributed by atoms with Crippen LogP contribution in [0, 0.1) is 6.92 Å². The summed E-state index contributed by atoms with van der Waals surface area (Å²) in [5, 5.41) is 5.80. The van der Waals surface area contributed by atoms with Crippen molar-refractivity contribution in [3.05, 3.63) is 65.7 Å². The van der Waals surface area contributed by atoms with Crippen LogP contribution < -0.4 is 10.6 Å². The Kier molecular flexibility index (Phi) is 6.97. The van der Waals surface area contributed by atoms with E-state index in [1.807, 2.05) is 55.5 Å². The number of pyridine rings is 1. The number of amides is 2. The number of hydrogen-bond acceptors (Lipinski definition) is 5. The normalized spacial score (nSPS) is 11.6. The number of rotatable bonds is 7. The van der Waals surface area contributed by atoms with Gasteiger partial charge in [0.25, 0.3) is 5.91 Å². The van der Waals surface area contributed by atoms with E-state index in [1.54, 1.807) is 19.9 Å². The van der Waals surface area contributed by atoms with Gasteiger partial charge in [0.05, 0.1) is 16.8 Å². The second kappa shape index (κ2) is 9.84. The number of nitrogens with zero attached hydrogens (tertiary/aromatic N) is 1. The van der Waals surface area contributed by atoms with Crippen LogP contribution in [0.4, 0.5) is 0 Å². The molecule has 7 nitrogen and oxygen atoms in total. The smallest absolute Gasteiger partial charge is 0.339 e. The third-order valence-corrected chi connectivity index (χ3v) is 4.84. The zero-order valence-electron chi connectivity index (χ0n) is 17.8. The summed E-state index contributed by atoms with van der Waals surface area (Å²) in [5.41, 5.74) is 3.27. The molecule has 160 valence electrons. The van der Waals surface area contributed by atoms with E-state index in [-0.39, 0.29) is 5.91 Å². The lowest BCUT2D eigenvalue weighted by Gasteiger charge is -2.15. The van der Waals surface area contributed by atoms with Gasteiger partial charge in [-0.1, -0.05) is 48.5 Å². The fraction of sp³-hybridized carbons (Fsp3) is 0.250. The quantitative estimate of drug-likeness (QED) is 0.574. The molecule has 2 N–H and O–H groups in total. The molecule has 2 amide bonds. The summed E-state index contributed by atoms with van der Waals surface area (Å²) in [7, 11) is 0. The fourth-order valence-electron chi connectivity index (χ4n) is 3.33. The molecule has 31 heavy (non-hydrogen) atoms. The maximum absolute atomic E-state index is 13.0. The van der Waals surface area contributed by atoms with Crippen LogP contribution in [0.25, 0.3) is 22.2 Å². The van der Waals surface area contributed by atoms with Crippen LogP contribution in [0.5, 0.6) is 0 Å². The molecular weight excluding hydrogens is 394 g/mol. The zero-order chi connectivity index (χ0) is 22.4. The van der Waals surface area contributed by atoms with E-state index in [1.165, 1.54) is 0 Å². The second-order valence-corrected chi connectivity index (χ2v) is 7.10. The molecular formula is C24H25N3O4. The standard InChI is InChI=1S/C24H25N3O4/c1-4-25-23(29)16(3)26-20(28)14-31-24(30)21-15(2)22(17-10-6-5-7-11-17)27-19-13-9-8-12-18(19)21/h5-13,16H,4,14H2,1-3H3,(H,25,29)(H,26,28)/t16-/m1/s1. The molecule has 2 aromatic carbocycles. The molecule has 0 aliphatic heterocycles. The minimum absolute atomic E-state index is 0.300. The SMILES string of the molecule is CCNC(=O)[C@@H](C)NC(=O)COC(=O)c1c(C)c(-c2ccccc2)nc2ccccc12. The first-order valence-electron chi connectivity index (χ1n) is 10.1. The average molecular weight is 419 g/mol. The number of aromatic nitrogens is 1. The van der Waals surface area contributed by atoms with E-state index in [0.717, 1.165) is 5.56 Å². The Morgan fingerprint density at radius 1 is 1.03 bits per heavy atom. The number of hydrogen-bond donors (Lipinski definition) is 2. The van der Waals surface area contributed by atoms with Crippen LogP contribution in [0.3, 0.4) is 0 Å². The predicted octanol–water partition coefficient (Wildman–Crippen LogP) is 3.01. The largest absolute Gasteiger partial charge is 0.452 e. The highest BCUT2D eigenvalue weighted by Crippen LogP contribution is 2.30. The number of benzene rings is 2. The lowest BCUT2D eigenvalue weighted by molar-refractivity contribution is -0.130. The van der Waals surface area contributed by atoms with Crippen LogP contribution in [0.1, 0.15) is 29.8 Å². The van der Waals surface area contributed by atoms with Crippen LogP contribution in [0.15, 0.2) is 54.6 Å². The number of nitrogens with one attached hydrogen (secondary N) is 2. The van der Waals surface area contributed by atoms with Gasteiger partial charge in [-0.15, -0.1) is 0 Å². The van der Waals surface area contributed by atoms with Gasteiger partial charge in [0, 0.05) is 17.5 Å². The number of esters is 1. The second-order valence-electron chi connectivity index (χ2n) is 7.10. The van der Waals surface area contributed by atoms with Gasteiger partial charge in [-0.2, -0.15) is 0 Å². The van der Waals surface area contributed by atoms with Gasteiger partial charge >= 0.3 is 5.97 Å². The summed E-state index contributed by atoms with van der Waals surface area (Å²) in [6.07, 6.45) is 0. The topological polar surface area (TPSA) is 97.4 Å². The summed E-state index contributed by atoms with van der Waals surface area (Å²) < 4.78 is 5.30. The molecule has 3 aromatic rings. The van der Waals surface area contributed by atoms with Gasteiger partial charge in [-0.25, -0.2) is 9.78 Å². The minimum atomic E-state index is -0.723. The molecule has 0 saturated carbocycles. The maximum Gasteiger partial charge on any atom is 0.339 e. The lowest BCUT2D eigenvalue weighted by Crippen LogP contribution is -2.46. The van der Waals surface area contributed by atoms with Gasteiger partial charge in [-0.3, -0.25) is 9.59 Å². The maximum atomic E-state index is 13.0. The molecule has 0 fully saturated rings.